The Hall–Kier alpha value is -2.69. The summed E-state index contributed by atoms with van der Waals surface area (Å²) in [4.78, 5) is 17.1. The normalized spacial score (nSPS) is 15.4. The van der Waals surface area contributed by atoms with Crippen molar-refractivity contribution in [2.75, 3.05) is 0 Å². The Morgan fingerprint density at radius 2 is 1.88 bits per heavy atom. The summed E-state index contributed by atoms with van der Waals surface area (Å²) < 4.78 is 1.75. The van der Waals surface area contributed by atoms with E-state index in [9.17, 15) is 4.79 Å². The number of amides is 1. The smallest absolute Gasteiger partial charge is 0.256 e. The molecule has 0 bridgehead atoms. The van der Waals surface area contributed by atoms with Crippen LogP contribution in [0.25, 0.3) is 16.9 Å². The van der Waals surface area contributed by atoms with E-state index < -0.39 is 0 Å². The Morgan fingerprint density at radius 1 is 1.12 bits per heavy atom. The highest BCUT2D eigenvalue weighted by molar-refractivity contribution is 6.00. The highest BCUT2D eigenvalue weighted by Gasteiger charge is 2.20. The van der Waals surface area contributed by atoms with Crippen LogP contribution in [0.15, 0.2) is 42.7 Å². The van der Waals surface area contributed by atoms with Gasteiger partial charge in [0.1, 0.15) is 5.56 Å². The molecule has 0 saturated heterocycles. The zero-order valence-corrected chi connectivity index (χ0v) is 14.4. The maximum absolute atomic E-state index is 12.7. The number of aryl methyl sites for hydroxylation is 1. The second kappa shape index (κ2) is 6.67. The predicted octanol–water partition coefficient (Wildman–Crippen LogP) is 3.77. The van der Waals surface area contributed by atoms with Gasteiger partial charge in [0.05, 0.1) is 11.9 Å². The van der Waals surface area contributed by atoms with Crippen molar-refractivity contribution in [2.24, 2.45) is 0 Å². The van der Waals surface area contributed by atoms with Gasteiger partial charge in [-0.15, -0.1) is 0 Å². The average molecular weight is 334 g/mol. The fourth-order valence-electron chi connectivity index (χ4n) is 3.50. The fourth-order valence-corrected chi connectivity index (χ4v) is 3.50. The first-order valence-corrected chi connectivity index (χ1v) is 8.93. The number of nitrogens with one attached hydrogen (secondary N) is 1. The molecule has 0 atom stereocenters. The average Bonchev–Trinajstić information content (AvgIpc) is 3.07. The third kappa shape index (κ3) is 3.14. The van der Waals surface area contributed by atoms with Gasteiger partial charge in [0.25, 0.3) is 5.91 Å². The van der Waals surface area contributed by atoms with Gasteiger partial charge < -0.3 is 5.32 Å². The molecule has 4 rings (SSSR count). The number of fused-ring (bicyclic) bond motifs is 1. The van der Waals surface area contributed by atoms with Crippen molar-refractivity contribution in [1.82, 2.24) is 19.9 Å². The summed E-state index contributed by atoms with van der Waals surface area (Å²) in [5.41, 5.74) is 4.34. The monoisotopic (exact) mass is 334 g/mol. The van der Waals surface area contributed by atoms with Crippen molar-refractivity contribution < 1.29 is 4.79 Å². The minimum Gasteiger partial charge on any atom is -0.349 e. The van der Waals surface area contributed by atoms with Crippen LogP contribution in [0, 0.1) is 6.92 Å². The lowest BCUT2D eigenvalue weighted by atomic mass is 9.95. The highest BCUT2D eigenvalue weighted by Crippen LogP contribution is 2.22. The summed E-state index contributed by atoms with van der Waals surface area (Å²) in [6.07, 6.45) is 9.14. The topological polar surface area (TPSA) is 59.3 Å². The van der Waals surface area contributed by atoms with Gasteiger partial charge >= 0.3 is 0 Å². The maximum Gasteiger partial charge on any atom is 0.256 e. The summed E-state index contributed by atoms with van der Waals surface area (Å²) in [6, 6.07) is 10.5. The molecular weight excluding hydrogens is 312 g/mol. The molecule has 1 fully saturated rings. The van der Waals surface area contributed by atoms with Gasteiger partial charge in [-0.2, -0.15) is 5.10 Å². The number of hydrogen-bond acceptors (Lipinski definition) is 3. The lowest BCUT2D eigenvalue weighted by Gasteiger charge is -2.22. The first-order chi connectivity index (χ1) is 12.2. The first-order valence-electron chi connectivity index (χ1n) is 8.93. The third-order valence-electron chi connectivity index (χ3n) is 4.93. The molecule has 128 valence electrons. The molecule has 1 amide bonds. The Morgan fingerprint density at radius 3 is 2.64 bits per heavy atom. The first kappa shape index (κ1) is 15.8. The van der Waals surface area contributed by atoms with Crippen LogP contribution in [0.1, 0.15) is 48.0 Å². The lowest BCUT2D eigenvalue weighted by Crippen LogP contribution is -2.36. The molecule has 2 heterocycles. The van der Waals surface area contributed by atoms with Gasteiger partial charge in [-0.1, -0.05) is 49.1 Å². The van der Waals surface area contributed by atoms with Crippen LogP contribution < -0.4 is 5.32 Å². The van der Waals surface area contributed by atoms with Crippen molar-refractivity contribution in [3.63, 3.8) is 0 Å². The number of carbonyl (C=O) groups is 1. The Labute approximate surface area is 147 Å². The number of rotatable bonds is 3. The van der Waals surface area contributed by atoms with E-state index in [4.69, 9.17) is 0 Å². The summed E-state index contributed by atoms with van der Waals surface area (Å²) in [6.45, 7) is 2.06. The highest BCUT2D eigenvalue weighted by atomic mass is 16.1. The Bertz CT molecular complexity index is 892. The van der Waals surface area contributed by atoms with E-state index in [-0.39, 0.29) is 11.9 Å². The van der Waals surface area contributed by atoms with Crippen LogP contribution in [0.4, 0.5) is 0 Å². The van der Waals surface area contributed by atoms with Gasteiger partial charge in [-0.05, 0) is 25.8 Å². The van der Waals surface area contributed by atoms with Crippen LogP contribution in [-0.4, -0.2) is 26.5 Å². The van der Waals surface area contributed by atoms with E-state index >= 15 is 0 Å². The van der Waals surface area contributed by atoms with Crippen molar-refractivity contribution in [1.29, 1.82) is 0 Å². The molecule has 1 aliphatic carbocycles. The molecule has 1 aromatic carbocycles. The molecule has 1 aliphatic rings. The van der Waals surface area contributed by atoms with Crippen LogP contribution in [0.3, 0.4) is 0 Å². The largest absolute Gasteiger partial charge is 0.349 e. The molecule has 0 radical (unpaired) electrons. The zero-order chi connectivity index (χ0) is 17.2. The zero-order valence-electron chi connectivity index (χ0n) is 14.4. The summed E-state index contributed by atoms with van der Waals surface area (Å²) >= 11 is 0. The number of hydrogen-bond donors (Lipinski definition) is 1. The minimum atomic E-state index is -0.0737. The molecule has 0 unspecified atom stereocenters. The van der Waals surface area contributed by atoms with E-state index in [0.717, 1.165) is 24.1 Å². The SMILES string of the molecule is Cc1ccc(-c2ccnc3c(C(=O)NC4CCCCC4)cnn23)cc1. The number of carbonyl (C=O) groups excluding carboxylic acids is 1. The van der Waals surface area contributed by atoms with Crippen LogP contribution in [0.2, 0.25) is 0 Å². The van der Waals surface area contributed by atoms with Crippen LogP contribution in [0.5, 0.6) is 0 Å². The molecule has 1 N–H and O–H groups in total. The summed E-state index contributed by atoms with van der Waals surface area (Å²) in [5, 5.41) is 7.57. The summed E-state index contributed by atoms with van der Waals surface area (Å²) in [5.74, 6) is -0.0737. The van der Waals surface area contributed by atoms with Crippen molar-refractivity contribution in [2.45, 2.75) is 45.1 Å². The van der Waals surface area contributed by atoms with Gasteiger partial charge in [0, 0.05) is 17.8 Å². The van der Waals surface area contributed by atoms with Gasteiger partial charge in [0.2, 0.25) is 0 Å². The number of aromatic nitrogens is 3. The summed E-state index contributed by atoms with van der Waals surface area (Å²) in [7, 11) is 0. The van der Waals surface area contributed by atoms with Gasteiger partial charge in [0.15, 0.2) is 5.65 Å². The predicted molar refractivity (Wildman–Crippen MR) is 97.5 cm³/mol. The van der Waals surface area contributed by atoms with E-state index in [1.54, 1.807) is 16.9 Å². The molecule has 0 spiro atoms. The molecule has 1 saturated carbocycles. The van der Waals surface area contributed by atoms with Crippen molar-refractivity contribution in [3.05, 3.63) is 53.9 Å². The molecule has 5 nitrogen and oxygen atoms in total. The molecule has 3 aromatic rings. The molecule has 2 aromatic heterocycles. The van der Waals surface area contributed by atoms with E-state index in [1.165, 1.54) is 24.8 Å². The third-order valence-corrected chi connectivity index (χ3v) is 4.93. The van der Waals surface area contributed by atoms with Gasteiger partial charge in [-0.3, -0.25) is 4.79 Å². The standard InChI is InChI=1S/C20H22N4O/c1-14-7-9-15(10-8-14)18-11-12-21-19-17(13-22-24(18)19)20(25)23-16-5-3-2-4-6-16/h7-13,16H,2-6H2,1H3,(H,23,25). The van der Waals surface area contributed by atoms with Gasteiger partial charge in [-0.25, -0.2) is 9.50 Å². The van der Waals surface area contributed by atoms with E-state index in [0.29, 0.717) is 11.2 Å². The minimum absolute atomic E-state index is 0.0737. The quantitative estimate of drug-likeness (QED) is 0.793. The number of nitrogens with zero attached hydrogens (tertiary/aromatic N) is 3. The van der Waals surface area contributed by atoms with E-state index in [1.807, 2.05) is 6.07 Å². The van der Waals surface area contributed by atoms with Crippen LogP contribution in [-0.2, 0) is 0 Å². The van der Waals surface area contributed by atoms with Crippen molar-refractivity contribution in [3.8, 4) is 11.3 Å². The molecule has 5 heteroatoms. The number of benzene rings is 1. The molecule has 0 aliphatic heterocycles. The maximum atomic E-state index is 12.7. The second-order valence-corrected chi connectivity index (χ2v) is 6.80. The second-order valence-electron chi connectivity index (χ2n) is 6.80. The van der Waals surface area contributed by atoms with E-state index in [2.05, 4.69) is 46.6 Å². The van der Waals surface area contributed by atoms with Crippen molar-refractivity contribution >= 4 is 11.6 Å². The molecule has 25 heavy (non-hydrogen) atoms. The Balaban J connectivity index is 1.66. The fraction of sp³-hybridized carbons (Fsp3) is 0.350. The lowest BCUT2D eigenvalue weighted by molar-refractivity contribution is 0.0929. The molecular formula is C20H22N4O. The van der Waals surface area contributed by atoms with Crippen LogP contribution >= 0.6 is 0 Å². The Kier molecular flexibility index (Phi) is 4.22.